The molecule has 0 radical (unpaired) electrons. The van der Waals surface area contributed by atoms with E-state index >= 15 is 0 Å². The first kappa shape index (κ1) is 18.5. The van der Waals surface area contributed by atoms with E-state index < -0.39 is 32.7 Å². The summed E-state index contributed by atoms with van der Waals surface area (Å²) in [5.74, 6) is -1.56. The summed E-state index contributed by atoms with van der Waals surface area (Å²) in [7, 11) is -2.73. The normalized spacial score (nSPS) is 19.3. The Morgan fingerprint density at radius 2 is 2.04 bits per heavy atom. The van der Waals surface area contributed by atoms with E-state index in [9.17, 15) is 31.7 Å². The summed E-state index contributed by atoms with van der Waals surface area (Å²) in [5, 5.41) is 11.3. The lowest BCUT2D eigenvalue weighted by Gasteiger charge is -2.34. The van der Waals surface area contributed by atoms with Gasteiger partial charge in [-0.3, -0.25) is 10.1 Å². The molecule has 1 N–H and O–H groups in total. The minimum absolute atomic E-state index is 0.0102. The molecule has 1 heterocycles. The predicted molar refractivity (Wildman–Crippen MR) is 80.3 cm³/mol. The van der Waals surface area contributed by atoms with Gasteiger partial charge in [0.25, 0.3) is 5.69 Å². The SMILES string of the molecule is CNS(=O)(=O)c1ccc(N2CCCC(C(F)(F)F)C2)c([N+](=O)[O-])c1. The van der Waals surface area contributed by atoms with Crippen molar-refractivity contribution in [2.45, 2.75) is 23.9 Å². The van der Waals surface area contributed by atoms with Gasteiger partial charge in [0, 0.05) is 19.2 Å². The van der Waals surface area contributed by atoms with Gasteiger partial charge in [-0.25, -0.2) is 13.1 Å². The van der Waals surface area contributed by atoms with Crippen molar-refractivity contribution in [3.8, 4) is 0 Å². The van der Waals surface area contributed by atoms with Crippen LogP contribution in [0.4, 0.5) is 24.5 Å². The van der Waals surface area contributed by atoms with Crippen LogP contribution in [0, 0.1) is 16.0 Å². The maximum absolute atomic E-state index is 12.9. The maximum Gasteiger partial charge on any atom is 0.393 e. The summed E-state index contributed by atoms with van der Waals surface area (Å²) >= 11 is 0. The van der Waals surface area contributed by atoms with Gasteiger partial charge in [-0.1, -0.05) is 0 Å². The Kier molecular flexibility index (Phi) is 5.04. The van der Waals surface area contributed by atoms with E-state index in [1.54, 1.807) is 0 Å². The fraction of sp³-hybridized carbons (Fsp3) is 0.538. The van der Waals surface area contributed by atoms with Crippen LogP contribution in [0.1, 0.15) is 12.8 Å². The molecule has 1 saturated heterocycles. The number of anilines is 1. The van der Waals surface area contributed by atoms with Crippen LogP contribution in [0.15, 0.2) is 23.1 Å². The fourth-order valence-electron chi connectivity index (χ4n) is 2.67. The molecule has 7 nitrogen and oxygen atoms in total. The summed E-state index contributed by atoms with van der Waals surface area (Å²) < 4.78 is 64.3. The molecule has 134 valence electrons. The van der Waals surface area contributed by atoms with Gasteiger partial charge in [0.05, 0.1) is 15.7 Å². The zero-order valence-corrected chi connectivity index (χ0v) is 13.5. The van der Waals surface area contributed by atoms with E-state index in [1.807, 2.05) is 4.72 Å². The van der Waals surface area contributed by atoms with Crippen molar-refractivity contribution >= 4 is 21.4 Å². The van der Waals surface area contributed by atoms with Gasteiger partial charge >= 0.3 is 6.18 Å². The highest BCUT2D eigenvalue weighted by atomic mass is 32.2. The largest absolute Gasteiger partial charge is 0.393 e. The molecule has 1 aliphatic rings. The molecular weight excluding hydrogens is 351 g/mol. The summed E-state index contributed by atoms with van der Waals surface area (Å²) in [6.07, 6.45) is -4.15. The molecule has 0 aliphatic carbocycles. The van der Waals surface area contributed by atoms with Crippen molar-refractivity contribution in [2.24, 2.45) is 5.92 Å². The molecule has 11 heteroatoms. The third kappa shape index (κ3) is 3.78. The predicted octanol–water partition coefficient (Wildman–Crippen LogP) is 2.28. The van der Waals surface area contributed by atoms with Gasteiger partial charge in [0.15, 0.2) is 0 Å². The molecule has 1 atom stereocenters. The van der Waals surface area contributed by atoms with Crippen molar-refractivity contribution in [2.75, 3.05) is 25.0 Å². The number of nitro benzene ring substituents is 1. The Morgan fingerprint density at radius 1 is 1.38 bits per heavy atom. The Balaban J connectivity index is 2.41. The van der Waals surface area contributed by atoms with Crippen LogP contribution in [-0.2, 0) is 10.0 Å². The second-order valence-corrected chi connectivity index (χ2v) is 7.33. The highest BCUT2D eigenvalue weighted by Gasteiger charge is 2.42. The van der Waals surface area contributed by atoms with E-state index in [-0.39, 0.29) is 36.5 Å². The Labute approximate surface area is 136 Å². The Hall–Kier alpha value is -1.88. The molecule has 1 fully saturated rings. The van der Waals surface area contributed by atoms with E-state index in [0.717, 1.165) is 19.2 Å². The Bertz CT molecular complexity index is 736. The lowest BCUT2D eigenvalue weighted by Crippen LogP contribution is -2.42. The monoisotopic (exact) mass is 367 g/mol. The van der Waals surface area contributed by atoms with Gasteiger partial charge in [-0.05, 0) is 32.0 Å². The number of rotatable bonds is 4. The average molecular weight is 367 g/mol. The molecule has 2 rings (SSSR count). The number of hydrogen-bond donors (Lipinski definition) is 1. The van der Waals surface area contributed by atoms with Crippen molar-refractivity contribution in [3.05, 3.63) is 28.3 Å². The number of alkyl halides is 3. The molecular formula is C13H16F3N3O4S. The standard InChI is InChI=1S/C13H16F3N3O4S/c1-17-24(22,23)10-4-5-11(12(7-10)19(20)21)18-6-2-3-9(8-18)13(14,15)16/h4-5,7,9,17H,2-3,6,8H2,1H3. The smallest absolute Gasteiger partial charge is 0.365 e. The van der Waals surface area contributed by atoms with Gasteiger partial charge < -0.3 is 4.90 Å². The van der Waals surface area contributed by atoms with Crippen LogP contribution in [-0.4, -0.2) is 39.7 Å². The van der Waals surface area contributed by atoms with Crippen molar-refractivity contribution in [1.82, 2.24) is 4.72 Å². The lowest BCUT2D eigenvalue weighted by atomic mass is 9.97. The van der Waals surface area contributed by atoms with Crippen molar-refractivity contribution in [3.63, 3.8) is 0 Å². The van der Waals surface area contributed by atoms with Crippen molar-refractivity contribution < 1.29 is 26.5 Å². The second-order valence-electron chi connectivity index (χ2n) is 5.44. The summed E-state index contributed by atoms with van der Waals surface area (Å²) in [4.78, 5) is 11.4. The van der Waals surface area contributed by atoms with Gasteiger partial charge in [-0.2, -0.15) is 13.2 Å². The number of nitrogens with one attached hydrogen (secondary N) is 1. The lowest BCUT2D eigenvalue weighted by molar-refractivity contribution is -0.384. The number of sulfonamides is 1. The number of benzene rings is 1. The van der Waals surface area contributed by atoms with E-state index in [2.05, 4.69) is 0 Å². The first-order valence-electron chi connectivity index (χ1n) is 7.10. The first-order valence-corrected chi connectivity index (χ1v) is 8.58. The van der Waals surface area contributed by atoms with E-state index in [0.29, 0.717) is 0 Å². The molecule has 0 bridgehead atoms. The summed E-state index contributed by atoms with van der Waals surface area (Å²) in [6, 6.07) is 3.19. The van der Waals surface area contributed by atoms with Crippen LogP contribution in [0.2, 0.25) is 0 Å². The maximum atomic E-state index is 12.9. The van der Waals surface area contributed by atoms with Gasteiger partial charge in [0.2, 0.25) is 10.0 Å². The van der Waals surface area contributed by atoms with Crippen LogP contribution in [0.25, 0.3) is 0 Å². The quantitative estimate of drug-likeness (QED) is 0.651. The van der Waals surface area contributed by atoms with Crippen molar-refractivity contribution in [1.29, 1.82) is 0 Å². The second kappa shape index (κ2) is 6.55. The van der Waals surface area contributed by atoms with Gasteiger partial charge in [0.1, 0.15) is 5.69 Å². The number of piperidine rings is 1. The topological polar surface area (TPSA) is 92.6 Å². The minimum atomic E-state index is -4.37. The number of nitro groups is 1. The Morgan fingerprint density at radius 3 is 2.58 bits per heavy atom. The van der Waals surface area contributed by atoms with Crippen LogP contribution in [0.5, 0.6) is 0 Å². The number of hydrogen-bond acceptors (Lipinski definition) is 5. The summed E-state index contributed by atoms with van der Waals surface area (Å²) in [5.41, 5.74) is -0.543. The molecule has 24 heavy (non-hydrogen) atoms. The van der Waals surface area contributed by atoms with Crippen LogP contribution >= 0.6 is 0 Å². The molecule has 0 aromatic heterocycles. The van der Waals surface area contributed by atoms with Crippen LogP contribution < -0.4 is 9.62 Å². The molecule has 1 aromatic rings. The van der Waals surface area contributed by atoms with Crippen LogP contribution in [0.3, 0.4) is 0 Å². The zero-order valence-electron chi connectivity index (χ0n) is 12.7. The highest BCUT2D eigenvalue weighted by molar-refractivity contribution is 7.89. The molecule has 0 amide bonds. The zero-order chi connectivity index (χ0) is 18.1. The molecule has 1 unspecified atom stereocenters. The first-order chi connectivity index (χ1) is 11.1. The third-order valence-corrected chi connectivity index (χ3v) is 5.36. The van der Waals surface area contributed by atoms with E-state index in [1.165, 1.54) is 11.0 Å². The fourth-order valence-corrected chi connectivity index (χ4v) is 3.41. The number of halogens is 3. The van der Waals surface area contributed by atoms with E-state index in [4.69, 9.17) is 0 Å². The van der Waals surface area contributed by atoms with Gasteiger partial charge in [-0.15, -0.1) is 0 Å². The molecule has 1 aliphatic heterocycles. The average Bonchev–Trinajstić information content (AvgIpc) is 2.53. The summed E-state index contributed by atoms with van der Waals surface area (Å²) in [6.45, 7) is -0.145. The third-order valence-electron chi connectivity index (χ3n) is 3.95. The molecule has 0 spiro atoms. The molecule has 1 aromatic carbocycles. The minimum Gasteiger partial charge on any atom is -0.365 e. The number of nitrogens with zero attached hydrogens (tertiary/aromatic N) is 2. The highest BCUT2D eigenvalue weighted by Crippen LogP contribution is 2.38. The molecule has 0 saturated carbocycles.